The summed E-state index contributed by atoms with van der Waals surface area (Å²) in [5.74, 6) is -1.02. The molecule has 3 aromatic rings. The smallest absolute Gasteiger partial charge is 0.387 e. The maximum absolute atomic E-state index is 14.3. The van der Waals surface area contributed by atoms with Gasteiger partial charge < -0.3 is 14.9 Å². The standard InChI is InChI=1S/C20H15F4N3O3/c21-16-9-13(19-26-18(11-28)30-27-19)4-5-14(16)10-25-17(29)8-3-12-1-6-15(7-2-12)20(22,23)24/h1-9,28H,10-11H2,(H,25,29). The van der Waals surface area contributed by atoms with E-state index in [1.165, 1.54) is 36.4 Å². The molecular formula is C20H15F4N3O3. The van der Waals surface area contributed by atoms with E-state index in [0.29, 0.717) is 11.1 Å². The zero-order valence-electron chi connectivity index (χ0n) is 15.3. The van der Waals surface area contributed by atoms with Gasteiger partial charge in [0.05, 0.1) is 5.56 Å². The van der Waals surface area contributed by atoms with Crippen molar-refractivity contribution in [3.63, 3.8) is 0 Å². The summed E-state index contributed by atoms with van der Waals surface area (Å²) in [6.45, 7) is -0.532. The topological polar surface area (TPSA) is 88.2 Å². The van der Waals surface area contributed by atoms with Gasteiger partial charge in [0.25, 0.3) is 5.89 Å². The molecule has 0 aliphatic carbocycles. The Morgan fingerprint density at radius 2 is 1.90 bits per heavy atom. The maximum Gasteiger partial charge on any atom is 0.416 e. The lowest BCUT2D eigenvalue weighted by molar-refractivity contribution is -0.137. The lowest BCUT2D eigenvalue weighted by Gasteiger charge is -2.06. The van der Waals surface area contributed by atoms with Gasteiger partial charge in [-0.2, -0.15) is 18.2 Å². The summed E-state index contributed by atoms with van der Waals surface area (Å²) in [6.07, 6.45) is -1.93. The number of hydrogen-bond acceptors (Lipinski definition) is 5. The highest BCUT2D eigenvalue weighted by Crippen LogP contribution is 2.29. The van der Waals surface area contributed by atoms with Crippen LogP contribution >= 0.6 is 0 Å². The highest BCUT2D eigenvalue weighted by molar-refractivity contribution is 5.91. The molecule has 0 saturated heterocycles. The number of nitrogens with zero attached hydrogens (tertiary/aromatic N) is 2. The molecule has 1 aromatic heterocycles. The van der Waals surface area contributed by atoms with Crippen LogP contribution in [0.25, 0.3) is 17.5 Å². The van der Waals surface area contributed by atoms with Gasteiger partial charge in [-0.3, -0.25) is 4.79 Å². The fraction of sp³-hybridized carbons (Fsp3) is 0.150. The molecule has 0 aliphatic rings. The van der Waals surface area contributed by atoms with Crippen LogP contribution < -0.4 is 5.32 Å². The van der Waals surface area contributed by atoms with E-state index in [9.17, 15) is 22.4 Å². The Hall–Kier alpha value is -3.53. The molecule has 0 radical (unpaired) electrons. The van der Waals surface area contributed by atoms with Gasteiger partial charge in [0.1, 0.15) is 12.4 Å². The molecule has 30 heavy (non-hydrogen) atoms. The summed E-state index contributed by atoms with van der Waals surface area (Å²) < 4.78 is 56.6. The molecule has 2 aromatic carbocycles. The Morgan fingerprint density at radius 1 is 1.17 bits per heavy atom. The molecule has 1 amide bonds. The van der Waals surface area contributed by atoms with Crippen LogP contribution in [0.5, 0.6) is 0 Å². The van der Waals surface area contributed by atoms with Gasteiger partial charge in [-0.25, -0.2) is 4.39 Å². The van der Waals surface area contributed by atoms with Crippen LogP contribution in [-0.4, -0.2) is 21.2 Å². The molecule has 0 unspecified atom stereocenters. The quantitative estimate of drug-likeness (QED) is 0.468. The fourth-order valence-corrected chi connectivity index (χ4v) is 2.46. The summed E-state index contributed by atoms with van der Waals surface area (Å²) in [7, 11) is 0. The molecule has 1 heterocycles. The average molecular weight is 421 g/mol. The fourth-order valence-electron chi connectivity index (χ4n) is 2.46. The number of carbonyl (C=O) groups excluding carboxylic acids is 1. The van der Waals surface area contributed by atoms with Crippen LogP contribution in [0.2, 0.25) is 0 Å². The summed E-state index contributed by atoms with van der Waals surface area (Å²) in [5, 5.41) is 15.0. The van der Waals surface area contributed by atoms with Crippen LogP contribution in [0.15, 0.2) is 53.1 Å². The minimum atomic E-state index is -4.43. The number of aromatic nitrogens is 2. The monoisotopic (exact) mass is 421 g/mol. The molecule has 2 N–H and O–H groups in total. The number of carbonyl (C=O) groups is 1. The second-order valence-electron chi connectivity index (χ2n) is 6.15. The third-order valence-electron chi connectivity index (χ3n) is 4.03. The van der Waals surface area contributed by atoms with E-state index < -0.39 is 30.1 Å². The number of benzene rings is 2. The van der Waals surface area contributed by atoms with E-state index in [0.717, 1.165) is 18.2 Å². The summed E-state index contributed by atoms with van der Waals surface area (Å²) in [6, 6.07) is 8.47. The lowest BCUT2D eigenvalue weighted by Crippen LogP contribution is -2.20. The van der Waals surface area contributed by atoms with Crippen LogP contribution in [0.3, 0.4) is 0 Å². The van der Waals surface area contributed by atoms with Crippen LogP contribution in [0, 0.1) is 5.82 Å². The minimum absolute atomic E-state index is 0.00146. The second-order valence-corrected chi connectivity index (χ2v) is 6.15. The molecule has 6 nitrogen and oxygen atoms in total. The number of halogens is 4. The van der Waals surface area contributed by atoms with Gasteiger partial charge in [-0.1, -0.05) is 29.4 Å². The van der Waals surface area contributed by atoms with Crippen molar-refractivity contribution in [2.45, 2.75) is 19.3 Å². The average Bonchev–Trinajstić information content (AvgIpc) is 3.20. The van der Waals surface area contributed by atoms with E-state index in [-0.39, 0.29) is 23.8 Å². The number of nitrogens with one attached hydrogen (secondary N) is 1. The second kappa shape index (κ2) is 8.87. The van der Waals surface area contributed by atoms with Crippen molar-refractivity contribution in [3.8, 4) is 11.4 Å². The number of rotatable bonds is 6. The van der Waals surface area contributed by atoms with E-state index in [4.69, 9.17) is 9.63 Å². The molecule has 156 valence electrons. The number of hydrogen-bond donors (Lipinski definition) is 2. The van der Waals surface area contributed by atoms with Crippen molar-refractivity contribution in [3.05, 3.63) is 76.9 Å². The van der Waals surface area contributed by atoms with Crippen LogP contribution in [0.1, 0.15) is 22.6 Å². The number of alkyl halides is 3. The van der Waals surface area contributed by atoms with Crippen molar-refractivity contribution in [2.24, 2.45) is 0 Å². The van der Waals surface area contributed by atoms with Gasteiger partial charge in [0.2, 0.25) is 11.7 Å². The molecule has 3 rings (SSSR count). The van der Waals surface area contributed by atoms with Crippen LogP contribution in [-0.2, 0) is 24.1 Å². The van der Waals surface area contributed by atoms with E-state index >= 15 is 0 Å². The number of amides is 1. The molecule has 0 spiro atoms. The molecule has 0 atom stereocenters. The van der Waals surface area contributed by atoms with Gasteiger partial charge >= 0.3 is 6.18 Å². The maximum atomic E-state index is 14.3. The first-order chi connectivity index (χ1) is 14.3. The predicted octanol–water partition coefficient (Wildman–Crippen LogP) is 3.72. The van der Waals surface area contributed by atoms with Gasteiger partial charge in [-0.05, 0) is 29.8 Å². The third-order valence-corrected chi connectivity index (χ3v) is 4.03. The van der Waals surface area contributed by atoms with Gasteiger partial charge in [0.15, 0.2) is 0 Å². The predicted molar refractivity (Wildman–Crippen MR) is 97.9 cm³/mol. The molecule has 0 bridgehead atoms. The van der Waals surface area contributed by atoms with Crippen molar-refractivity contribution in [2.75, 3.05) is 0 Å². The van der Waals surface area contributed by atoms with Crippen molar-refractivity contribution in [1.29, 1.82) is 0 Å². The lowest BCUT2D eigenvalue weighted by atomic mass is 10.1. The summed E-state index contributed by atoms with van der Waals surface area (Å²) in [5.41, 5.74) is 0.182. The Bertz CT molecular complexity index is 1060. The Morgan fingerprint density at radius 3 is 2.50 bits per heavy atom. The largest absolute Gasteiger partial charge is 0.416 e. The summed E-state index contributed by atoms with van der Waals surface area (Å²) in [4.78, 5) is 15.8. The SMILES string of the molecule is O=C(C=Cc1ccc(C(F)(F)F)cc1)NCc1ccc(-c2noc(CO)n2)cc1F. The van der Waals surface area contributed by atoms with E-state index in [2.05, 4.69) is 15.5 Å². The number of aliphatic hydroxyl groups is 1. The first-order valence-corrected chi connectivity index (χ1v) is 8.61. The van der Waals surface area contributed by atoms with Gasteiger partial charge in [0, 0.05) is 23.7 Å². The highest BCUT2D eigenvalue weighted by Gasteiger charge is 2.29. The molecule has 0 saturated carbocycles. The molecular weight excluding hydrogens is 406 g/mol. The molecule has 0 aliphatic heterocycles. The third kappa shape index (κ3) is 5.29. The highest BCUT2D eigenvalue weighted by atomic mass is 19.4. The zero-order chi connectivity index (χ0) is 21.7. The Labute approximate surface area is 167 Å². The zero-order valence-corrected chi connectivity index (χ0v) is 15.3. The Kier molecular flexibility index (Phi) is 6.26. The normalized spacial score (nSPS) is 11.8. The van der Waals surface area contributed by atoms with Crippen LogP contribution in [0.4, 0.5) is 17.6 Å². The van der Waals surface area contributed by atoms with Gasteiger partial charge in [-0.15, -0.1) is 0 Å². The summed E-state index contributed by atoms with van der Waals surface area (Å²) >= 11 is 0. The molecule has 10 heteroatoms. The first-order valence-electron chi connectivity index (χ1n) is 8.61. The van der Waals surface area contributed by atoms with Crippen molar-refractivity contribution >= 4 is 12.0 Å². The Balaban J connectivity index is 1.58. The first kappa shape index (κ1) is 21.2. The van der Waals surface area contributed by atoms with E-state index in [1.807, 2.05) is 0 Å². The minimum Gasteiger partial charge on any atom is -0.387 e. The number of aliphatic hydroxyl groups excluding tert-OH is 1. The van der Waals surface area contributed by atoms with E-state index in [1.54, 1.807) is 0 Å². The molecule has 0 fully saturated rings. The van der Waals surface area contributed by atoms with Crippen molar-refractivity contribution < 1.29 is 32.0 Å². The van der Waals surface area contributed by atoms with Crippen molar-refractivity contribution in [1.82, 2.24) is 15.5 Å².